The maximum atomic E-state index is 6.31. The third-order valence-electron chi connectivity index (χ3n) is 3.40. The number of nitrogens with zero attached hydrogens (tertiary/aromatic N) is 2. The molecule has 98 valence electrons. The molecule has 0 bridgehead atoms. The molecule has 0 aromatic carbocycles. The molecular weight excluding hydrogens is 238 g/mol. The highest BCUT2D eigenvalue weighted by molar-refractivity contribution is 6.31. The molecule has 0 aliphatic heterocycles. The summed E-state index contributed by atoms with van der Waals surface area (Å²) in [5.74, 6) is 0. The molecule has 4 nitrogen and oxygen atoms in total. The summed E-state index contributed by atoms with van der Waals surface area (Å²) in [4.78, 5) is 0. The van der Waals surface area contributed by atoms with Crippen molar-refractivity contribution in [3.05, 3.63) is 16.9 Å². The summed E-state index contributed by atoms with van der Waals surface area (Å²) in [6.45, 7) is 8.14. The minimum absolute atomic E-state index is 0.224. The lowest BCUT2D eigenvalue weighted by molar-refractivity contribution is -0.0217. The fourth-order valence-electron chi connectivity index (χ4n) is 1.83. The zero-order valence-electron chi connectivity index (χ0n) is 11.2. The van der Waals surface area contributed by atoms with Gasteiger partial charge in [-0.25, -0.2) is 0 Å². The number of hydrogen-bond donors (Lipinski definition) is 1. The molecule has 0 saturated carbocycles. The largest absolute Gasteiger partial charge is 0.376 e. The average Bonchev–Trinajstić information content (AvgIpc) is 2.69. The normalized spacial score (nSPS) is 17.2. The van der Waals surface area contributed by atoms with E-state index in [9.17, 15) is 0 Å². The number of hydrogen-bond acceptors (Lipinski definition) is 3. The van der Waals surface area contributed by atoms with E-state index in [0.717, 1.165) is 12.1 Å². The lowest BCUT2D eigenvalue weighted by Gasteiger charge is -2.34. The zero-order chi connectivity index (χ0) is 13.2. The van der Waals surface area contributed by atoms with Crippen LogP contribution < -0.4 is 5.73 Å². The van der Waals surface area contributed by atoms with Crippen molar-refractivity contribution in [2.75, 3.05) is 7.11 Å². The van der Waals surface area contributed by atoms with Gasteiger partial charge in [0.1, 0.15) is 0 Å². The highest BCUT2D eigenvalue weighted by Gasteiger charge is 2.35. The van der Waals surface area contributed by atoms with Crippen molar-refractivity contribution in [2.45, 2.75) is 51.8 Å². The molecule has 0 radical (unpaired) electrons. The zero-order valence-corrected chi connectivity index (χ0v) is 12.0. The van der Waals surface area contributed by atoms with Gasteiger partial charge in [0.2, 0.25) is 0 Å². The van der Waals surface area contributed by atoms with Crippen molar-refractivity contribution in [2.24, 2.45) is 5.73 Å². The second kappa shape index (κ2) is 5.38. The van der Waals surface area contributed by atoms with Crippen LogP contribution in [0.15, 0.2) is 6.20 Å². The van der Waals surface area contributed by atoms with Crippen molar-refractivity contribution < 1.29 is 4.74 Å². The third-order valence-corrected chi connectivity index (χ3v) is 3.69. The number of nitrogens with two attached hydrogens (primary N) is 1. The van der Waals surface area contributed by atoms with E-state index < -0.39 is 5.60 Å². The highest BCUT2D eigenvalue weighted by Crippen LogP contribution is 2.34. The van der Waals surface area contributed by atoms with Crippen molar-refractivity contribution in [1.82, 2.24) is 9.78 Å². The first-order valence-electron chi connectivity index (χ1n) is 5.91. The van der Waals surface area contributed by atoms with Crippen LogP contribution in [0, 0.1) is 0 Å². The first kappa shape index (κ1) is 14.5. The maximum absolute atomic E-state index is 6.31. The van der Waals surface area contributed by atoms with Gasteiger partial charge in [-0.15, -0.1) is 0 Å². The monoisotopic (exact) mass is 259 g/mol. The van der Waals surface area contributed by atoms with E-state index in [2.05, 4.69) is 18.9 Å². The number of ether oxygens (including phenoxy) is 1. The van der Waals surface area contributed by atoms with Crippen LogP contribution in [0.5, 0.6) is 0 Å². The second-order valence-corrected chi connectivity index (χ2v) is 5.17. The molecule has 2 unspecified atom stereocenters. The second-order valence-electron chi connectivity index (χ2n) is 4.76. The van der Waals surface area contributed by atoms with Crippen LogP contribution >= 0.6 is 11.6 Å². The fourth-order valence-corrected chi connectivity index (χ4v) is 2.08. The van der Waals surface area contributed by atoms with Crippen LogP contribution in [0.1, 0.15) is 51.9 Å². The molecule has 0 amide bonds. The Morgan fingerprint density at radius 2 is 2.18 bits per heavy atom. The smallest absolute Gasteiger partial charge is 0.0855 e. The van der Waals surface area contributed by atoms with Gasteiger partial charge in [0, 0.05) is 13.2 Å². The molecule has 0 saturated heterocycles. The molecular formula is C12H22ClN3O. The predicted octanol–water partition coefficient (Wildman–Crippen LogP) is 2.93. The molecule has 0 aliphatic rings. The number of methoxy groups -OCH3 is 1. The van der Waals surface area contributed by atoms with Gasteiger partial charge < -0.3 is 10.5 Å². The molecule has 5 heteroatoms. The lowest BCUT2D eigenvalue weighted by atomic mass is 9.91. The van der Waals surface area contributed by atoms with Crippen LogP contribution in [0.25, 0.3) is 0 Å². The maximum Gasteiger partial charge on any atom is 0.0855 e. The number of aromatic nitrogens is 2. The van der Waals surface area contributed by atoms with Crippen molar-refractivity contribution in [3.8, 4) is 0 Å². The molecule has 1 heterocycles. The Labute approximate surface area is 108 Å². The van der Waals surface area contributed by atoms with E-state index in [-0.39, 0.29) is 12.1 Å². The number of halogens is 1. The summed E-state index contributed by atoms with van der Waals surface area (Å²) in [5.41, 5.74) is 6.71. The summed E-state index contributed by atoms with van der Waals surface area (Å²) >= 11 is 6.18. The average molecular weight is 260 g/mol. The Balaban J connectivity index is 3.19. The van der Waals surface area contributed by atoms with Crippen molar-refractivity contribution in [1.29, 1.82) is 0 Å². The molecule has 1 aromatic heterocycles. The Morgan fingerprint density at radius 1 is 1.59 bits per heavy atom. The summed E-state index contributed by atoms with van der Waals surface area (Å²) in [6.07, 6.45) is 2.45. The Hall–Kier alpha value is -0.580. The van der Waals surface area contributed by atoms with Crippen LogP contribution in [-0.4, -0.2) is 22.5 Å². The van der Waals surface area contributed by atoms with E-state index in [1.807, 2.05) is 18.5 Å². The Morgan fingerprint density at radius 3 is 2.59 bits per heavy atom. The van der Waals surface area contributed by atoms with Crippen LogP contribution in [0.3, 0.4) is 0 Å². The predicted molar refractivity (Wildman–Crippen MR) is 70.3 cm³/mol. The minimum Gasteiger partial charge on any atom is -0.376 e. The van der Waals surface area contributed by atoms with Crippen LogP contribution in [0.4, 0.5) is 0 Å². The summed E-state index contributed by atoms with van der Waals surface area (Å²) in [7, 11) is 1.67. The molecule has 17 heavy (non-hydrogen) atoms. The fraction of sp³-hybridized carbons (Fsp3) is 0.750. The van der Waals surface area contributed by atoms with Crippen molar-refractivity contribution >= 4 is 11.6 Å². The van der Waals surface area contributed by atoms with E-state index in [4.69, 9.17) is 22.1 Å². The Kier molecular flexibility index (Phi) is 4.58. The van der Waals surface area contributed by atoms with Gasteiger partial charge in [0.05, 0.1) is 28.6 Å². The molecule has 1 aromatic rings. The van der Waals surface area contributed by atoms with Gasteiger partial charge >= 0.3 is 0 Å². The molecule has 0 fully saturated rings. The molecule has 0 aliphatic carbocycles. The standard InChI is InChI=1S/C12H22ClN3O/c1-6-12(4,17-5)11(14)10-9(13)7-15-16(10)8(2)3/h7-8,11H,6,14H2,1-5H3. The van der Waals surface area contributed by atoms with Crippen LogP contribution in [0.2, 0.25) is 5.02 Å². The molecule has 0 spiro atoms. The van der Waals surface area contributed by atoms with Gasteiger partial charge in [-0.2, -0.15) is 5.10 Å². The first-order chi connectivity index (χ1) is 7.87. The summed E-state index contributed by atoms with van der Waals surface area (Å²) in [5, 5.41) is 4.87. The summed E-state index contributed by atoms with van der Waals surface area (Å²) in [6, 6.07) is -0.0728. The van der Waals surface area contributed by atoms with Crippen molar-refractivity contribution in [3.63, 3.8) is 0 Å². The quantitative estimate of drug-likeness (QED) is 0.885. The molecule has 1 rings (SSSR count). The lowest BCUT2D eigenvalue weighted by Crippen LogP contribution is -2.41. The van der Waals surface area contributed by atoms with Crippen LogP contribution in [-0.2, 0) is 4.74 Å². The SMILES string of the molecule is CCC(C)(OC)C(N)c1c(Cl)cnn1C(C)C. The summed E-state index contributed by atoms with van der Waals surface area (Å²) < 4.78 is 7.40. The minimum atomic E-state index is -0.434. The van der Waals surface area contributed by atoms with E-state index in [1.165, 1.54) is 0 Å². The van der Waals surface area contributed by atoms with Gasteiger partial charge in [0.15, 0.2) is 0 Å². The van der Waals surface area contributed by atoms with E-state index in [0.29, 0.717) is 5.02 Å². The van der Waals surface area contributed by atoms with Gasteiger partial charge in [-0.3, -0.25) is 4.68 Å². The van der Waals surface area contributed by atoms with Gasteiger partial charge in [0.25, 0.3) is 0 Å². The molecule has 2 N–H and O–H groups in total. The first-order valence-corrected chi connectivity index (χ1v) is 6.28. The number of rotatable bonds is 5. The van der Waals surface area contributed by atoms with E-state index in [1.54, 1.807) is 13.3 Å². The van der Waals surface area contributed by atoms with E-state index >= 15 is 0 Å². The third kappa shape index (κ3) is 2.64. The Bertz CT molecular complexity index is 372. The highest BCUT2D eigenvalue weighted by atomic mass is 35.5. The molecule has 2 atom stereocenters. The van der Waals surface area contributed by atoms with Gasteiger partial charge in [-0.1, -0.05) is 18.5 Å². The van der Waals surface area contributed by atoms with Gasteiger partial charge in [-0.05, 0) is 27.2 Å². The topological polar surface area (TPSA) is 53.1 Å².